The van der Waals surface area contributed by atoms with Crippen LogP contribution in [0.1, 0.15) is 35.1 Å². The van der Waals surface area contributed by atoms with Crippen LogP contribution in [0.5, 0.6) is 0 Å². The third-order valence-electron chi connectivity index (χ3n) is 7.64. The topological polar surface area (TPSA) is 72.5 Å². The minimum absolute atomic E-state index is 0.174. The average molecular weight is 623 g/mol. The predicted molar refractivity (Wildman–Crippen MR) is 175 cm³/mol. The van der Waals surface area contributed by atoms with Crippen molar-refractivity contribution in [2.45, 2.75) is 70.0 Å². The quantitative estimate of drug-likeness (QED) is 0.0912. The van der Waals surface area contributed by atoms with Gasteiger partial charge in [0.15, 0.2) is 0 Å². The van der Waals surface area contributed by atoms with E-state index in [4.69, 9.17) is 28.4 Å². The zero-order valence-corrected chi connectivity index (χ0v) is 26.0. The van der Waals surface area contributed by atoms with Crippen molar-refractivity contribution in [1.29, 1.82) is 0 Å². The molecule has 0 aliphatic carbocycles. The van der Waals surface area contributed by atoms with Crippen molar-refractivity contribution in [3.8, 4) is 0 Å². The van der Waals surface area contributed by atoms with Crippen LogP contribution in [0.3, 0.4) is 0 Å². The van der Waals surface area contributed by atoms with Crippen LogP contribution < -0.4 is 0 Å². The largest absolute Gasteiger partial charge is 0.433 e. The molecule has 4 aromatic carbocycles. The SMILES string of the molecule is C=CCCC(=O)OC1O[C@H](COCc2ccccc2)[C@@H](OCc2ccccc2)[C@H](OCc2ccccc2)[C@H]1OCc1ccccc1. The summed E-state index contributed by atoms with van der Waals surface area (Å²) in [6.07, 6.45) is -1.39. The van der Waals surface area contributed by atoms with Gasteiger partial charge in [0, 0.05) is 6.42 Å². The Morgan fingerprint density at radius 2 is 1.04 bits per heavy atom. The Kier molecular flexibility index (Phi) is 13.1. The number of ether oxygens (including phenoxy) is 6. The number of rotatable bonds is 17. The monoisotopic (exact) mass is 622 g/mol. The third-order valence-corrected chi connectivity index (χ3v) is 7.64. The molecule has 1 aliphatic rings. The fourth-order valence-electron chi connectivity index (χ4n) is 5.25. The highest BCUT2D eigenvalue weighted by molar-refractivity contribution is 5.69. The molecule has 0 aromatic heterocycles. The molecule has 1 fully saturated rings. The van der Waals surface area contributed by atoms with Gasteiger partial charge in [-0.1, -0.05) is 127 Å². The molecule has 0 radical (unpaired) electrons. The van der Waals surface area contributed by atoms with E-state index in [9.17, 15) is 4.79 Å². The third kappa shape index (κ3) is 10.2. The highest BCUT2D eigenvalue weighted by Crippen LogP contribution is 2.32. The highest BCUT2D eigenvalue weighted by atomic mass is 16.7. The molecule has 0 saturated carbocycles. The van der Waals surface area contributed by atoms with Crippen molar-refractivity contribution in [3.05, 3.63) is 156 Å². The van der Waals surface area contributed by atoms with Gasteiger partial charge in [0.05, 0.1) is 33.0 Å². The molecule has 0 spiro atoms. The van der Waals surface area contributed by atoms with Crippen LogP contribution in [0.25, 0.3) is 0 Å². The number of allylic oxidation sites excluding steroid dienone is 1. The molecule has 0 N–H and O–H groups in total. The lowest BCUT2D eigenvalue weighted by Crippen LogP contribution is -2.62. The molecular weight excluding hydrogens is 580 g/mol. The lowest BCUT2D eigenvalue weighted by molar-refractivity contribution is -0.320. The number of carbonyl (C=O) groups excluding carboxylic acids is 1. The van der Waals surface area contributed by atoms with Gasteiger partial charge in [-0.15, -0.1) is 6.58 Å². The molecule has 7 heteroatoms. The lowest BCUT2D eigenvalue weighted by Gasteiger charge is -2.45. The highest BCUT2D eigenvalue weighted by Gasteiger charge is 2.50. The van der Waals surface area contributed by atoms with E-state index in [0.29, 0.717) is 26.2 Å². The summed E-state index contributed by atoms with van der Waals surface area (Å²) in [5.74, 6) is -0.410. The first kappa shape index (κ1) is 33.3. The molecule has 1 unspecified atom stereocenters. The van der Waals surface area contributed by atoms with Crippen molar-refractivity contribution < 1.29 is 33.2 Å². The summed E-state index contributed by atoms with van der Waals surface area (Å²) < 4.78 is 38.5. The van der Waals surface area contributed by atoms with Gasteiger partial charge in [0.1, 0.15) is 24.4 Å². The first-order valence-electron chi connectivity index (χ1n) is 15.7. The number of esters is 1. The smallest absolute Gasteiger partial charge is 0.308 e. The molecule has 240 valence electrons. The predicted octanol–water partition coefficient (Wildman–Crippen LogP) is 7.19. The Morgan fingerprint density at radius 3 is 1.52 bits per heavy atom. The van der Waals surface area contributed by atoms with Gasteiger partial charge in [0.2, 0.25) is 6.29 Å². The van der Waals surface area contributed by atoms with Crippen LogP contribution in [0.4, 0.5) is 0 Å². The van der Waals surface area contributed by atoms with Gasteiger partial charge in [-0.05, 0) is 28.7 Å². The minimum Gasteiger partial charge on any atom is -0.433 e. The van der Waals surface area contributed by atoms with Gasteiger partial charge in [0.25, 0.3) is 0 Å². The fourth-order valence-corrected chi connectivity index (χ4v) is 5.25. The molecule has 1 saturated heterocycles. The standard InChI is InChI=1S/C39H42O7/c1-2-3-24-35(40)46-39-38(44-28-33-22-14-7-15-23-33)37(43-27-32-20-12-6-13-21-32)36(42-26-31-18-10-5-11-19-31)34(45-39)29-41-25-30-16-8-4-9-17-30/h2,4-23,34,36-39H,1,3,24-29H2/t34-,36-,37+,38-,39?/m1/s1. The van der Waals surface area contributed by atoms with Gasteiger partial charge < -0.3 is 28.4 Å². The summed E-state index contributed by atoms with van der Waals surface area (Å²) in [6.45, 7) is 5.20. The van der Waals surface area contributed by atoms with E-state index in [-0.39, 0.29) is 19.6 Å². The van der Waals surface area contributed by atoms with Crippen LogP contribution in [0, 0.1) is 0 Å². The fraction of sp³-hybridized carbons (Fsp3) is 0.308. The van der Waals surface area contributed by atoms with E-state index >= 15 is 0 Å². The van der Waals surface area contributed by atoms with Gasteiger partial charge in [-0.25, -0.2) is 0 Å². The maximum Gasteiger partial charge on any atom is 0.308 e. The van der Waals surface area contributed by atoms with Gasteiger partial charge in [-0.3, -0.25) is 4.79 Å². The molecule has 7 nitrogen and oxygen atoms in total. The molecular formula is C39H42O7. The Bertz CT molecular complexity index is 1430. The van der Waals surface area contributed by atoms with Crippen LogP contribution >= 0.6 is 0 Å². The lowest BCUT2D eigenvalue weighted by atomic mass is 9.97. The maximum absolute atomic E-state index is 13.0. The summed E-state index contributed by atoms with van der Waals surface area (Å²) in [6, 6.07) is 39.6. The second-order valence-electron chi connectivity index (χ2n) is 11.1. The van der Waals surface area contributed by atoms with Crippen molar-refractivity contribution in [1.82, 2.24) is 0 Å². The summed E-state index contributed by atoms with van der Waals surface area (Å²) in [4.78, 5) is 13.0. The molecule has 5 atom stereocenters. The van der Waals surface area contributed by atoms with Crippen molar-refractivity contribution in [2.75, 3.05) is 6.61 Å². The Morgan fingerprint density at radius 1 is 0.609 bits per heavy atom. The van der Waals surface area contributed by atoms with Gasteiger partial charge in [-0.2, -0.15) is 0 Å². The first-order valence-corrected chi connectivity index (χ1v) is 15.7. The second-order valence-corrected chi connectivity index (χ2v) is 11.1. The number of benzene rings is 4. The van der Waals surface area contributed by atoms with Crippen LogP contribution in [-0.2, 0) is 59.6 Å². The molecule has 5 rings (SSSR count). The normalized spacial score (nSPS) is 21.0. The van der Waals surface area contributed by atoms with Crippen molar-refractivity contribution in [3.63, 3.8) is 0 Å². The molecule has 1 aliphatic heterocycles. The van der Waals surface area contributed by atoms with E-state index in [2.05, 4.69) is 6.58 Å². The van der Waals surface area contributed by atoms with Crippen molar-refractivity contribution in [2.24, 2.45) is 0 Å². The Hall–Kier alpha value is -4.11. The molecule has 1 heterocycles. The summed E-state index contributed by atoms with van der Waals surface area (Å²) in [7, 11) is 0. The van der Waals surface area contributed by atoms with E-state index in [1.807, 2.05) is 121 Å². The molecule has 4 aromatic rings. The molecule has 0 amide bonds. The second kappa shape index (κ2) is 18.1. The number of hydrogen-bond donors (Lipinski definition) is 0. The molecule has 0 bridgehead atoms. The zero-order valence-electron chi connectivity index (χ0n) is 26.0. The summed E-state index contributed by atoms with van der Waals surface area (Å²) in [5.41, 5.74) is 4.01. The average Bonchev–Trinajstić information content (AvgIpc) is 3.10. The summed E-state index contributed by atoms with van der Waals surface area (Å²) in [5, 5.41) is 0. The number of hydrogen-bond acceptors (Lipinski definition) is 7. The Labute approximate surface area is 271 Å². The van der Waals surface area contributed by atoms with Crippen molar-refractivity contribution >= 4 is 5.97 Å². The molecule has 46 heavy (non-hydrogen) atoms. The van der Waals surface area contributed by atoms with Crippen LogP contribution in [0.2, 0.25) is 0 Å². The minimum atomic E-state index is -1.05. The van der Waals surface area contributed by atoms with E-state index < -0.39 is 36.7 Å². The van der Waals surface area contributed by atoms with E-state index in [0.717, 1.165) is 22.3 Å². The Balaban J connectivity index is 1.44. The summed E-state index contributed by atoms with van der Waals surface area (Å²) >= 11 is 0. The zero-order chi connectivity index (χ0) is 31.8. The van der Waals surface area contributed by atoms with E-state index in [1.165, 1.54) is 0 Å². The number of carbonyl (C=O) groups is 1. The van der Waals surface area contributed by atoms with E-state index in [1.54, 1.807) is 6.08 Å². The van der Waals surface area contributed by atoms with Crippen LogP contribution in [-0.4, -0.2) is 43.3 Å². The van der Waals surface area contributed by atoms with Crippen LogP contribution in [0.15, 0.2) is 134 Å². The van der Waals surface area contributed by atoms with Gasteiger partial charge >= 0.3 is 5.97 Å². The first-order chi connectivity index (χ1) is 22.7. The maximum atomic E-state index is 13.0.